The number of rotatable bonds is 4. The van der Waals surface area contributed by atoms with Gasteiger partial charge in [-0.25, -0.2) is 4.98 Å². The highest BCUT2D eigenvalue weighted by molar-refractivity contribution is 7.16. The van der Waals surface area contributed by atoms with Crippen LogP contribution in [0.2, 0.25) is 0 Å². The third-order valence-corrected chi connectivity index (χ3v) is 4.04. The molecule has 0 fully saturated rings. The Balaban J connectivity index is 1.95. The van der Waals surface area contributed by atoms with Crippen molar-refractivity contribution in [3.05, 3.63) is 45.2 Å². The summed E-state index contributed by atoms with van der Waals surface area (Å²) in [7, 11) is 1.85. The van der Waals surface area contributed by atoms with Crippen LogP contribution in [0.3, 0.4) is 0 Å². The van der Waals surface area contributed by atoms with Crippen LogP contribution in [0.5, 0.6) is 0 Å². The van der Waals surface area contributed by atoms with Crippen LogP contribution in [-0.4, -0.2) is 19.7 Å². The summed E-state index contributed by atoms with van der Waals surface area (Å²) >= 11 is 1.39. The fourth-order valence-corrected chi connectivity index (χ4v) is 2.94. The van der Waals surface area contributed by atoms with Crippen molar-refractivity contribution < 1.29 is 4.92 Å². The number of nitro benzene ring substituents is 1. The first-order valence-corrected chi connectivity index (χ1v) is 7.18. The van der Waals surface area contributed by atoms with Gasteiger partial charge in [-0.2, -0.15) is 5.10 Å². The van der Waals surface area contributed by atoms with Crippen molar-refractivity contribution in [3.8, 4) is 0 Å². The molecule has 0 spiro atoms. The average molecular weight is 303 g/mol. The molecule has 1 aromatic carbocycles. The molecule has 21 heavy (non-hydrogen) atoms. The summed E-state index contributed by atoms with van der Waals surface area (Å²) in [5.41, 5.74) is 4.45. The van der Waals surface area contributed by atoms with E-state index in [1.165, 1.54) is 11.3 Å². The van der Waals surface area contributed by atoms with Crippen molar-refractivity contribution in [3.63, 3.8) is 0 Å². The molecule has 0 radical (unpaired) electrons. The quantitative estimate of drug-likeness (QED) is 0.591. The Hall–Kier alpha value is -2.48. The van der Waals surface area contributed by atoms with Gasteiger partial charge in [0.1, 0.15) is 5.69 Å². The van der Waals surface area contributed by atoms with E-state index in [0.29, 0.717) is 17.7 Å². The van der Waals surface area contributed by atoms with Gasteiger partial charge in [-0.15, -0.1) is 11.3 Å². The Bertz CT molecular complexity index is 823. The maximum absolute atomic E-state index is 11.3. The molecule has 0 amide bonds. The zero-order valence-corrected chi connectivity index (χ0v) is 12.3. The summed E-state index contributed by atoms with van der Waals surface area (Å²) in [6, 6.07) is 3.57. The predicted octanol–water partition coefficient (Wildman–Crippen LogP) is 2.86. The zero-order valence-electron chi connectivity index (χ0n) is 11.5. The number of hydrogen-bond donors (Lipinski definition) is 1. The molecule has 0 saturated carbocycles. The largest absolute Gasteiger partial charge is 0.375 e. The molecule has 0 atom stereocenters. The van der Waals surface area contributed by atoms with E-state index in [-0.39, 0.29) is 10.6 Å². The molecule has 0 bridgehead atoms. The van der Waals surface area contributed by atoms with Crippen molar-refractivity contribution in [1.29, 1.82) is 0 Å². The van der Waals surface area contributed by atoms with Gasteiger partial charge >= 0.3 is 5.69 Å². The van der Waals surface area contributed by atoms with Crippen LogP contribution in [0.25, 0.3) is 10.2 Å². The van der Waals surface area contributed by atoms with Crippen LogP contribution in [0.15, 0.2) is 23.8 Å². The lowest BCUT2D eigenvalue weighted by Gasteiger charge is -2.06. The van der Waals surface area contributed by atoms with E-state index < -0.39 is 0 Å². The van der Waals surface area contributed by atoms with Crippen LogP contribution in [0.1, 0.15) is 11.3 Å². The van der Waals surface area contributed by atoms with Crippen LogP contribution >= 0.6 is 11.3 Å². The summed E-state index contributed by atoms with van der Waals surface area (Å²) in [4.78, 5) is 15.0. The number of aromatic nitrogens is 3. The van der Waals surface area contributed by atoms with Gasteiger partial charge in [-0.3, -0.25) is 14.8 Å². The summed E-state index contributed by atoms with van der Waals surface area (Å²) in [6.45, 7) is 2.39. The first-order valence-electron chi connectivity index (χ1n) is 6.30. The Morgan fingerprint density at radius 2 is 2.29 bits per heavy atom. The smallest absolute Gasteiger partial charge is 0.319 e. The maximum Gasteiger partial charge on any atom is 0.319 e. The Labute approximate surface area is 124 Å². The number of anilines is 1. The third kappa shape index (κ3) is 2.45. The van der Waals surface area contributed by atoms with Gasteiger partial charge in [0, 0.05) is 25.4 Å². The molecule has 3 aromatic rings. The summed E-state index contributed by atoms with van der Waals surface area (Å²) in [5, 5.41) is 18.7. The lowest BCUT2D eigenvalue weighted by atomic mass is 10.2. The summed E-state index contributed by atoms with van der Waals surface area (Å²) in [6.07, 6.45) is 1.90. The molecule has 0 unspecified atom stereocenters. The minimum absolute atomic E-state index is 0.0234. The van der Waals surface area contributed by atoms with Crippen molar-refractivity contribution in [2.75, 3.05) is 5.32 Å². The minimum atomic E-state index is -0.388. The molecule has 0 aliphatic heterocycles. The number of benzene rings is 1. The van der Waals surface area contributed by atoms with Gasteiger partial charge in [-0.1, -0.05) is 0 Å². The number of fused-ring (bicyclic) bond motifs is 1. The van der Waals surface area contributed by atoms with E-state index in [0.717, 1.165) is 16.0 Å². The molecule has 2 aromatic heterocycles. The fourth-order valence-electron chi connectivity index (χ4n) is 2.26. The van der Waals surface area contributed by atoms with Gasteiger partial charge in [0.2, 0.25) is 0 Å². The van der Waals surface area contributed by atoms with E-state index >= 15 is 0 Å². The number of nitrogens with zero attached hydrogens (tertiary/aromatic N) is 4. The summed E-state index contributed by atoms with van der Waals surface area (Å²) < 4.78 is 2.54. The van der Waals surface area contributed by atoms with E-state index in [1.807, 2.05) is 26.2 Å². The standard InChI is InChI=1S/C13H13N5O2S/c1-8-9(6-17(2)16-8)5-14-10-3-4-11-12(15-7-21-11)13(10)18(19)20/h3-4,6-7,14H,5H2,1-2H3. The van der Waals surface area contributed by atoms with Crippen LogP contribution in [0.4, 0.5) is 11.4 Å². The van der Waals surface area contributed by atoms with Gasteiger partial charge < -0.3 is 5.32 Å². The number of hydrogen-bond acceptors (Lipinski definition) is 6. The number of aryl methyl sites for hydroxylation is 2. The Morgan fingerprint density at radius 1 is 1.48 bits per heavy atom. The summed E-state index contributed by atoms with van der Waals surface area (Å²) in [5.74, 6) is 0. The van der Waals surface area contributed by atoms with E-state index in [1.54, 1.807) is 16.3 Å². The number of thiazole rings is 1. The third-order valence-electron chi connectivity index (χ3n) is 3.24. The fraction of sp³-hybridized carbons (Fsp3) is 0.231. The number of nitro groups is 1. The molecule has 0 aliphatic rings. The molecular weight excluding hydrogens is 290 g/mol. The van der Waals surface area contributed by atoms with Gasteiger partial charge in [-0.05, 0) is 19.1 Å². The van der Waals surface area contributed by atoms with Crippen LogP contribution < -0.4 is 5.32 Å². The normalized spacial score (nSPS) is 11.0. The molecular formula is C13H13N5O2S. The second kappa shape index (κ2) is 5.13. The van der Waals surface area contributed by atoms with E-state index in [9.17, 15) is 10.1 Å². The van der Waals surface area contributed by atoms with E-state index in [2.05, 4.69) is 15.4 Å². The predicted molar refractivity (Wildman–Crippen MR) is 81.5 cm³/mol. The SMILES string of the molecule is Cc1nn(C)cc1CNc1ccc2scnc2c1[N+](=O)[O-]. The Morgan fingerprint density at radius 3 is 2.95 bits per heavy atom. The first kappa shape index (κ1) is 13.5. The molecule has 0 aliphatic carbocycles. The average Bonchev–Trinajstić information content (AvgIpc) is 3.01. The van der Waals surface area contributed by atoms with Gasteiger partial charge in [0.05, 0.1) is 20.8 Å². The van der Waals surface area contributed by atoms with Crippen molar-refractivity contribution in [2.45, 2.75) is 13.5 Å². The maximum atomic E-state index is 11.3. The molecule has 2 heterocycles. The highest BCUT2D eigenvalue weighted by atomic mass is 32.1. The molecule has 7 nitrogen and oxygen atoms in total. The topological polar surface area (TPSA) is 85.9 Å². The van der Waals surface area contributed by atoms with Gasteiger partial charge in [0.15, 0.2) is 5.52 Å². The zero-order chi connectivity index (χ0) is 15.0. The molecule has 1 N–H and O–H groups in total. The lowest BCUT2D eigenvalue weighted by Crippen LogP contribution is -2.03. The Kier molecular flexibility index (Phi) is 3.30. The minimum Gasteiger partial charge on any atom is -0.375 e. The van der Waals surface area contributed by atoms with Crippen molar-refractivity contribution in [2.24, 2.45) is 7.05 Å². The monoisotopic (exact) mass is 303 g/mol. The van der Waals surface area contributed by atoms with Crippen LogP contribution in [0, 0.1) is 17.0 Å². The molecule has 0 saturated heterocycles. The molecule has 8 heteroatoms. The second-order valence-electron chi connectivity index (χ2n) is 4.68. The molecule has 3 rings (SSSR count). The number of nitrogens with one attached hydrogen (secondary N) is 1. The highest BCUT2D eigenvalue weighted by Gasteiger charge is 2.20. The highest BCUT2D eigenvalue weighted by Crippen LogP contribution is 2.34. The van der Waals surface area contributed by atoms with Crippen LogP contribution in [-0.2, 0) is 13.6 Å². The van der Waals surface area contributed by atoms with Gasteiger partial charge in [0.25, 0.3) is 0 Å². The molecule has 108 valence electrons. The lowest BCUT2D eigenvalue weighted by molar-refractivity contribution is -0.382. The first-order chi connectivity index (χ1) is 10.1. The van der Waals surface area contributed by atoms with Crippen molar-refractivity contribution in [1.82, 2.24) is 14.8 Å². The second-order valence-corrected chi connectivity index (χ2v) is 5.57. The van der Waals surface area contributed by atoms with Crippen molar-refractivity contribution >= 4 is 32.9 Å². The van der Waals surface area contributed by atoms with E-state index in [4.69, 9.17) is 0 Å².